The van der Waals surface area contributed by atoms with Crippen molar-refractivity contribution in [2.75, 3.05) is 10.2 Å². The second-order valence-electron chi connectivity index (χ2n) is 8.35. The van der Waals surface area contributed by atoms with Gasteiger partial charge in [-0.2, -0.15) is 5.26 Å². The van der Waals surface area contributed by atoms with Gasteiger partial charge >= 0.3 is 0 Å². The summed E-state index contributed by atoms with van der Waals surface area (Å²) >= 11 is 1.28. The molecule has 0 unspecified atom stereocenters. The number of anilines is 2. The number of thioether (sulfide) groups is 1. The molecule has 3 aromatic rings. The Labute approximate surface area is 210 Å². The predicted octanol–water partition coefficient (Wildman–Crippen LogP) is 6.09. The molecule has 35 heavy (non-hydrogen) atoms. The van der Waals surface area contributed by atoms with Crippen molar-refractivity contribution in [3.63, 3.8) is 0 Å². The fourth-order valence-corrected chi connectivity index (χ4v) is 5.26. The summed E-state index contributed by atoms with van der Waals surface area (Å²) in [5.74, 6) is -0.664. The van der Waals surface area contributed by atoms with Gasteiger partial charge in [0, 0.05) is 11.4 Å². The van der Waals surface area contributed by atoms with Gasteiger partial charge in [0.25, 0.3) is 5.91 Å². The number of aryl methyl sites for hydroxylation is 1. The molecule has 0 saturated carbocycles. The molecule has 1 N–H and O–H groups in total. The van der Waals surface area contributed by atoms with E-state index in [2.05, 4.69) is 36.5 Å². The summed E-state index contributed by atoms with van der Waals surface area (Å²) in [4.78, 5) is 28.1. The van der Waals surface area contributed by atoms with Gasteiger partial charge in [0.2, 0.25) is 5.91 Å². The molecule has 1 aliphatic heterocycles. The van der Waals surface area contributed by atoms with Crippen LogP contribution in [0.4, 0.5) is 11.4 Å². The first-order chi connectivity index (χ1) is 17.1. The number of unbranched alkanes of at least 4 members (excludes halogenated alkanes) is 1. The lowest BCUT2D eigenvalue weighted by atomic mass is 10.0. The van der Waals surface area contributed by atoms with E-state index in [0.29, 0.717) is 22.8 Å². The molecule has 0 bridgehead atoms. The maximum Gasteiger partial charge on any atom is 0.269 e. The van der Waals surface area contributed by atoms with Crippen LogP contribution in [0, 0.1) is 11.3 Å². The fourth-order valence-electron chi connectivity index (χ4n) is 3.95. The minimum absolute atomic E-state index is 0.0755. The van der Waals surface area contributed by atoms with Gasteiger partial charge in [0.1, 0.15) is 16.7 Å². The van der Waals surface area contributed by atoms with E-state index in [1.54, 1.807) is 12.1 Å². The molecule has 0 radical (unpaired) electrons. The number of para-hydroxylation sites is 2. The van der Waals surface area contributed by atoms with E-state index in [9.17, 15) is 14.9 Å². The molecule has 0 spiro atoms. The summed E-state index contributed by atoms with van der Waals surface area (Å²) in [6, 6.07) is 28.6. The Morgan fingerprint density at radius 3 is 2.23 bits per heavy atom. The standard InChI is InChI=1S/C29H27N3O2S/c1-2-3-10-21-15-17-22(18-16-21)19-26-28(34)32(24-13-8-5-9-14-24)29(35-26)25(20-30)27(33)31-23-11-6-4-7-12-23/h4-9,11-18,26H,2-3,10,19H2,1H3,(H,31,33)/b29-25+/t26-/m0/s1. The SMILES string of the molecule is CCCCc1ccc(C[C@@H]2S/C(=C(\C#N)C(=O)Nc3ccccc3)N(c3ccccc3)C2=O)cc1. The fraction of sp³-hybridized carbons (Fsp3) is 0.207. The molecular formula is C29H27N3O2S. The van der Waals surface area contributed by atoms with Gasteiger partial charge in [-0.25, -0.2) is 0 Å². The van der Waals surface area contributed by atoms with Crippen LogP contribution < -0.4 is 10.2 Å². The largest absolute Gasteiger partial charge is 0.321 e. The second-order valence-corrected chi connectivity index (χ2v) is 9.54. The lowest BCUT2D eigenvalue weighted by Crippen LogP contribution is -2.30. The zero-order valence-corrected chi connectivity index (χ0v) is 20.4. The number of carbonyl (C=O) groups is 2. The van der Waals surface area contributed by atoms with Crippen LogP contribution in [0.25, 0.3) is 0 Å². The van der Waals surface area contributed by atoms with E-state index in [0.717, 1.165) is 24.8 Å². The molecule has 0 aromatic heterocycles. The molecular weight excluding hydrogens is 454 g/mol. The monoisotopic (exact) mass is 481 g/mol. The number of hydrogen-bond acceptors (Lipinski definition) is 4. The van der Waals surface area contributed by atoms with Crippen molar-refractivity contribution in [3.8, 4) is 6.07 Å². The van der Waals surface area contributed by atoms with Crippen molar-refractivity contribution >= 4 is 35.0 Å². The molecule has 2 amide bonds. The molecule has 3 aromatic carbocycles. The number of nitrogens with zero attached hydrogens (tertiary/aromatic N) is 2. The van der Waals surface area contributed by atoms with E-state index in [-0.39, 0.29) is 11.5 Å². The van der Waals surface area contributed by atoms with Gasteiger partial charge in [-0.3, -0.25) is 14.5 Å². The van der Waals surface area contributed by atoms with Crippen molar-refractivity contribution in [2.24, 2.45) is 0 Å². The lowest BCUT2D eigenvalue weighted by molar-refractivity contribution is -0.117. The van der Waals surface area contributed by atoms with Crippen molar-refractivity contribution in [1.29, 1.82) is 5.26 Å². The summed E-state index contributed by atoms with van der Waals surface area (Å²) in [5, 5.41) is 12.6. The lowest BCUT2D eigenvalue weighted by Gasteiger charge is -2.18. The third-order valence-electron chi connectivity index (χ3n) is 5.81. The van der Waals surface area contributed by atoms with Gasteiger partial charge in [-0.05, 0) is 54.7 Å². The highest BCUT2D eigenvalue weighted by Crippen LogP contribution is 2.42. The van der Waals surface area contributed by atoms with Gasteiger partial charge < -0.3 is 5.32 Å². The van der Waals surface area contributed by atoms with Crippen LogP contribution in [0.15, 0.2) is 95.5 Å². The number of hydrogen-bond donors (Lipinski definition) is 1. The Bertz CT molecular complexity index is 1250. The summed E-state index contributed by atoms with van der Waals surface area (Å²) in [5.41, 5.74) is 3.49. The Balaban J connectivity index is 1.63. The molecule has 0 aliphatic carbocycles. The van der Waals surface area contributed by atoms with Crippen LogP contribution in [0.1, 0.15) is 30.9 Å². The molecule has 1 fully saturated rings. The van der Waals surface area contributed by atoms with Gasteiger partial charge in [0.05, 0.1) is 5.25 Å². The third kappa shape index (κ3) is 5.82. The molecule has 1 atom stereocenters. The highest BCUT2D eigenvalue weighted by molar-refractivity contribution is 8.05. The minimum Gasteiger partial charge on any atom is -0.321 e. The highest BCUT2D eigenvalue weighted by atomic mass is 32.2. The van der Waals surface area contributed by atoms with Crippen molar-refractivity contribution in [2.45, 2.75) is 37.9 Å². The maximum atomic E-state index is 13.6. The summed E-state index contributed by atoms with van der Waals surface area (Å²) in [6.45, 7) is 2.18. The molecule has 5 nitrogen and oxygen atoms in total. The number of carbonyl (C=O) groups excluding carboxylic acids is 2. The van der Waals surface area contributed by atoms with Crippen molar-refractivity contribution in [3.05, 3.63) is 107 Å². The molecule has 6 heteroatoms. The van der Waals surface area contributed by atoms with E-state index in [4.69, 9.17) is 0 Å². The third-order valence-corrected chi connectivity index (χ3v) is 7.08. The summed E-state index contributed by atoms with van der Waals surface area (Å²) < 4.78 is 0. The van der Waals surface area contributed by atoms with Crippen LogP contribution in [0.2, 0.25) is 0 Å². The molecule has 176 valence electrons. The topological polar surface area (TPSA) is 73.2 Å². The smallest absolute Gasteiger partial charge is 0.269 e. The van der Waals surface area contributed by atoms with Crippen LogP contribution in [0.3, 0.4) is 0 Å². The van der Waals surface area contributed by atoms with Crippen LogP contribution >= 0.6 is 11.8 Å². The highest BCUT2D eigenvalue weighted by Gasteiger charge is 2.40. The van der Waals surface area contributed by atoms with Gasteiger partial charge in [0.15, 0.2) is 0 Å². The average Bonchev–Trinajstić information content (AvgIpc) is 3.20. The van der Waals surface area contributed by atoms with E-state index >= 15 is 0 Å². The molecule has 1 aliphatic rings. The molecule has 1 heterocycles. The second kappa shape index (κ2) is 11.5. The van der Waals surface area contributed by atoms with Crippen LogP contribution in [-0.2, 0) is 22.4 Å². The van der Waals surface area contributed by atoms with E-state index in [1.165, 1.54) is 22.2 Å². The number of nitrogens with one attached hydrogen (secondary N) is 1. The van der Waals surface area contributed by atoms with E-state index in [1.807, 2.05) is 54.6 Å². The Hall–Kier alpha value is -3.82. The first-order valence-electron chi connectivity index (χ1n) is 11.7. The number of rotatable bonds is 8. The van der Waals surface area contributed by atoms with Gasteiger partial charge in [-0.15, -0.1) is 0 Å². The van der Waals surface area contributed by atoms with Crippen molar-refractivity contribution < 1.29 is 9.59 Å². The molecule has 1 saturated heterocycles. The number of nitriles is 1. The predicted molar refractivity (Wildman–Crippen MR) is 142 cm³/mol. The summed E-state index contributed by atoms with van der Waals surface area (Å²) in [7, 11) is 0. The quantitative estimate of drug-likeness (QED) is 0.312. The Morgan fingerprint density at radius 2 is 1.60 bits per heavy atom. The van der Waals surface area contributed by atoms with Crippen LogP contribution in [-0.4, -0.2) is 17.1 Å². The first-order valence-corrected chi connectivity index (χ1v) is 12.6. The Morgan fingerprint density at radius 1 is 0.971 bits per heavy atom. The summed E-state index contributed by atoms with van der Waals surface area (Å²) in [6.07, 6.45) is 3.87. The Kier molecular flexibility index (Phi) is 8.02. The van der Waals surface area contributed by atoms with Gasteiger partial charge in [-0.1, -0.05) is 85.8 Å². The maximum absolute atomic E-state index is 13.6. The first kappa shape index (κ1) is 24.3. The molecule has 4 rings (SSSR count). The van der Waals surface area contributed by atoms with Crippen LogP contribution in [0.5, 0.6) is 0 Å². The van der Waals surface area contributed by atoms with E-state index < -0.39 is 11.2 Å². The zero-order chi connectivity index (χ0) is 24.6. The van der Waals surface area contributed by atoms with Crippen molar-refractivity contribution in [1.82, 2.24) is 0 Å². The normalized spacial score (nSPS) is 16.6. The number of benzene rings is 3. The zero-order valence-electron chi connectivity index (χ0n) is 19.6. The average molecular weight is 482 g/mol. The number of amides is 2. The minimum atomic E-state index is -0.532.